The Balaban J connectivity index is 1.56. The summed E-state index contributed by atoms with van der Waals surface area (Å²) < 4.78 is 31.4. The first-order valence-electron chi connectivity index (χ1n) is 8.85. The van der Waals surface area contributed by atoms with Gasteiger partial charge in [-0.05, 0) is 44.7 Å². The van der Waals surface area contributed by atoms with Crippen molar-refractivity contribution in [2.45, 2.75) is 45.1 Å². The van der Waals surface area contributed by atoms with Gasteiger partial charge in [0.2, 0.25) is 0 Å². The molecule has 0 aliphatic heterocycles. The number of ketones is 1. The molecule has 2 bridgehead atoms. The van der Waals surface area contributed by atoms with Crippen LogP contribution in [0.15, 0.2) is 18.2 Å². The fraction of sp³-hybridized carbons (Fsp3) is 0.526. The second-order valence-electron chi connectivity index (χ2n) is 7.09. The zero-order valence-electron chi connectivity index (χ0n) is 14.5. The molecule has 1 unspecified atom stereocenters. The number of benzene rings is 1. The number of esters is 1. The lowest BCUT2D eigenvalue weighted by atomic mass is 9.67. The number of carbonyl (C=O) groups excluding carboxylic acids is 3. The van der Waals surface area contributed by atoms with E-state index in [4.69, 9.17) is 4.74 Å². The normalized spacial score (nSPS) is 26.1. The van der Waals surface area contributed by atoms with Gasteiger partial charge >= 0.3 is 5.97 Å². The van der Waals surface area contributed by atoms with Crippen LogP contribution < -0.4 is 5.32 Å². The lowest BCUT2D eigenvalue weighted by Gasteiger charge is -2.36. The standard InChI is InChI=1S/C19H21F2NO4/c1-10(18(24)22-14-5-6-15(20)16(21)9-14)26-19(25)13-7-11-3-2-4-12(8-13)17(11)23/h5-6,9-13H,2-4,7-8H2,1H3,(H,22,24)/t10-,11-,12+,13?/m1/s1. The minimum atomic E-state index is -1.08. The van der Waals surface area contributed by atoms with Crippen molar-refractivity contribution >= 4 is 23.3 Å². The first-order chi connectivity index (χ1) is 12.3. The maximum atomic E-state index is 13.2. The van der Waals surface area contributed by atoms with Crippen LogP contribution in [0.2, 0.25) is 0 Å². The summed E-state index contributed by atoms with van der Waals surface area (Å²) in [6, 6.07) is 2.98. The molecule has 1 aromatic rings. The monoisotopic (exact) mass is 365 g/mol. The number of halogens is 2. The summed E-state index contributed by atoms with van der Waals surface area (Å²) in [5, 5.41) is 2.39. The number of rotatable bonds is 4. The van der Waals surface area contributed by atoms with Crippen molar-refractivity contribution in [2.24, 2.45) is 17.8 Å². The molecular weight excluding hydrogens is 344 g/mol. The Morgan fingerprint density at radius 2 is 1.81 bits per heavy atom. The van der Waals surface area contributed by atoms with Crippen LogP contribution in [0.4, 0.5) is 14.5 Å². The minimum absolute atomic E-state index is 0.0774. The Hall–Kier alpha value is -2.31. The Bertz CT molecular complexity index is 720. The van der Waals surface area contributed by atoms with Gasteiger partial charge in [0.25, 0.3) is 5.91 Å². The number of carbonyl (C=O) groups is 3. The van der Waals surface area contributed by atoms with Crippen molar-refractivity contribution < 1.29 is 27.9 Å². The molecule has 5 nitrogen and oxygen atoms in total. The first kappa shape index (κ1) is 18.5. The van der Waals surface area contributed by atoms with E-state index >= 15 is 0 Å². The summed E-state index contributed by atoms with van der Waals surface area (Å²) in [4.78, 5) is 36.6. The molecule has 0 saturated heterocycles. The van der Waals surface area contributed by atoms with Crippen molar-refractivity contribution in [3.05, 3.63) is 29.8 Å². The summed E-state index contributed by atoms with van der Waals surface area (Å²) in [6.07, 6.45) is 2.51. The number of ether oxygens (including phenoxy) is 1. The van der Waals surface area contributed by atoms with Crippen LogP contribution in [0, 0.1) is 29.4 Å². The number of nitrogens with one attached hydrogen (secondary N) is 1. The van der Waals surface area contributed by atoms with Gasteiger partial charge in [-0.15, -0.1) is 0 Å². The van der Waals surface area contributed by atoms with Gasteiger partial charge in [-0.2, -0.15) is 0 Å². The van der Waals surface area contributed by atoms with Crippen molar-refractivity contribution in [3.63, 3.8) is 0 Å². The summed E-state index contributed by atoms with van der Waals surface area (Å²) in [5.41, 5.74) is 0.0783. The van der Waals surface area contributed by atoms with Gasteiger partial charge in [-0.3, -0.25) is 14.4 Å². The predicted octanol–water partition coefficient (Wildman–Crippen LogP) is 3.23. The molecule has 1 aromatic carbocycles. The largest absolute Gasteiger partial charge is 0.452 e. The van der Waals surface area contributed by atoms with E-state index in [-0.39, 0.29) is 29.2 Å². The van der Waals surface area contributed by atoms with Crippen LogP contribution in [0.5, 0.6) is 0 Å². The number of hydrogen-bond acceptors (Lipinski definition) is 4. The topological polar surface area (TPSA) is 72.5 Å². The zero-order chi connectivity index (χ0) is 18.8. The Labute approximate surface area is 150 Å². The molecule has 1 amide bonds. The Kier molecular flexibility index (Phi) is 5.34. The van der Waals surface area contributed by atoms with Crippen molar-refractivity contribution in [1.29, 1.82) is 0 Å². The van der Waals surface area contributed by atoms with Crippen LogP contribution >= 0.6 is 0 Å². The van der Waals surface area contributed by atoms with Gasteiger partial charge < -0.3 is 10.1 Å². The molecule has 26 heavy (non-hydrogen) atoms. The Morgan fingerprint density at radius 1 is 1.15 bits per heavy atom. The number of Topliss-reactive ketones (excluding diaryl/α,β-unsaturated/α-hetero) is 1. The minimum Gasteiger partial charge on any atom is -0.452 e. The third-order valence-corrected chi connectivity index (χ3v) is 5.23. The quantitative estimate of drug-likeness (QED) is 0.832. The average Bonchev–Trinajstić information content (AvgIpc) is 2.57. The molecule has 0 spiro atoms. The number of anilines is 1. The lowest BCUT2D eigenvalue weighted by Crippen LogP contribution is -2.41. The molecule has 7 heteroatoms. The van der Waals surface area contributed by atoms with Crippen LogP contribution in [0.25, 0.3) is 0 Å². The van der Waals surface area contributed by atoms with Crippen LogP contribution in [0.3, 0.4) is 0 Å². The van der Waals surface area contributed by atoms with Crippen LogP contribution in [-0.4, -0.2) is 23.8 Å². The van der Waals surface area contributed by atoms with E-state index in [0.29, 0.717) is 12.8 Å². The fourth-order valence-corrected chi connectivity index (χ4v) is 3.81. The van der Waals surface area contributed by atoms with E-state index in [0.717, 1.165) is 31.4 Å². The van der Waals surface area contributed by atoms with Gasteiger partial charge in [0.1, 0.15) is 5.78 Å². The Morgan fingerprint density at radius 3 is 2.42 bits per heavy atom. The smallest absolute Gasteiger partial charge is 0.309 e. The molecule has 0 radical (unpaired) electrons. The predicted molar refractivity (Wildman–Crippen MR) is 89.1 cm³/mol. The third kappa shape index (κ3) is 3.92. The van der Waals surface area contributed by atoms with Crippen LogP contribution in [-0.2, 0) is 19.1 Å². The maximum absolute atomic E-state index is 13.2. The van der Waals surface area contributed by atoms with Crippen molar-refractivity contribution in [1.82, 2.24) is 0 Å². The second kappa shape index (κ2) is 7.51. The maximum Gasteiger partial charge on any atom is 0.309 e. The highest BCUT2D eigenvalue weighted by Crippen LogP contribution is 2.40. The van der Waals surface area contributed by atoms with Crippen molar-refractivity contribution in [2.75, 3.05) is 5.32 Å². The van der Waals surface area contributed by atoms with E-state index < -0.39 is 29.6 Å². The second-order valence-corrected chi connectivity index (χ2v) is 7.09. The van der Waals surface area contributed by atoms with Gasteiger partial charge in [0, 0.05) is 23.6 Å². The summed E-state index contributed by atoms with van der Waals surface area (Å²) in [6.45, 7) is 1.42. The highest BCUT2D eigenvalue weighted by molar-refractivity contribution is 5.95. The molecule has 0 heterocycles. The average molecular weight is 365 g/mol. The highest BCUT2D eigenvalue weighted by Gasteiger charge is 2.42. The molecule has 2 saturated carbocycles. The molecule has 0 aromatic heterocycles. The number of amides is 1. The first-order valence-corrected chi connectivity index (χ1v) is 8.85. The fourth-order valence-electron chi connectivity index (χ4n) is 3.81. The molecule has 140 valence electrons. The van der Waals surface area contributed by atoms with E-state index in [1.165, 1.54) is 13.0 Å². The van der Waals surface area contributed by atoms with Gasteiger partial charge in [0.15, 0.2) is 17.7 Å². The van der Waals surface area contributed by atoms with E-state index in [1.807, 2.05) is 0 Å². The molecule has 2 aliphatic rings. The van der Waals surface area contributed by atoms with Gasteiger partial charge in [-0.1, -0.05) is 6.42 Å². The lowest BCUT2D eigenvalue weighted by molar-refractivity contribution is -0.161. The van der Waals surface area contributed by atoms with E-state index in [2.05, 4.69) is 5.32 Å². The summed E-state index contributed by atoms with van der Waals surface area (Å²) in [5.74, 6) is -3.48. The van der Waals surface area contributed by atoms with E-state index in [9.17, 15) is 23.2 Å². The summed E-state index contributed by atoms with van der Waals surface area (Å²) >= 11 is 0. The summed E-state index contributed by atoms with van der Waals surface area (Å²) in [7, 11) is 0. The SMILES string of the molecule is C[C@@H](OC(=O)C1C[C@H]2CCC[C@@H](C1)C2=O)C(=O)Nc1ccc(F)c(F)c1. The van der Waals surface area contributed by atoms with E-state index in [1.54, 1.807) is 0 Å². The molecule has 4 atom stereocenters. The number of fused-ring (bicyclic) bond motifs is 2. The highest BCUT2D eigenvalue weighted by atomic mass is 19.2. The number of hydrogen-bond donors (Lipinski definition) is 1. The zero-order valence-corrected chi connectivity index (χ0v) is 14.5. The van der Waals surface area contributed by atoms with Gasteiger partial charge in [0.05, 0.1) is 5.92 Å². The van der Waals surface area contributed by atoms with Crippen LogP contribution in [0.1, 0.15) is 39.0 Å². The molecule has 1 N–H and O–H groups in total. The molecular formula is C19H21F2NO4. The van der Waals surface area contributed by atoms with Crippen molar-refractivity contribution in [3.8, 4) is 0 Å². The molecule has 2 aliphatic carbocycles. The third-order valence-electron chi connectivity index (χ3n) is 5.23. The molecule has 3 rings (SSSR count). The van der Waals surface area contributed by atoms with Gasteiger partial charge in [-0.25, -0.2) is 8.78 Å². The molecule has 2 fully saturated rings.